The first-order valence-corrected chi connectivity index (χ1v) is 17.4. The Morgan fingerprint density at radius 2 is 1.73 bits per heavy atom. The Bertz CT molecular complexity index is 1500. The van der Waals surface area contributed by atoms with Crippen LogP contribution in [0.4, 0.5) is 10.1 Å². The molecule has 3 N–H and O–H groups in total. The fourth-order valence-electron chi connectivity index (χ4n) is 9.77. The van der Waals surface area contributed by atoms with Gasteiger partial charge in [-0.1, -0.05) is 50.6 Å². The van der Waals surface area contributed by atoms with Crippen LogP contribution in [0.25, 0.3) is 0 Å². The van der Waals surface area contributed by atoms with Gasteiger partial charge in [0.15, 0.2) is 28.6 Å². The van der Waals surface area contributed by atoms with Crippen LogP contribution in [0.2, 0.25) is 0 Å². The smallest absolute Gasteiger partial charge is 0.238 e. The SMILES string of the molecule is CC1(C)O[C@@H]2C[C@H]3[C@@H]4CCC5=CC(=O)C=C[C@]5(C)[C@@]4(F)[C@@H](O)C[C@]3(C)[C@]2(C(=O)CO)O1.CCN(CC)CC(=O)Nc1c(C)cccc1C. The van der Waals surface area contributed by atoms with E-state index in [4.69, 9.17) is 9.47 Å². The van der Waals surface area contributed by atoms with Gasteiger partial charge >= 0.3 is 0 Å². The second-order valence-corrected chi connectivity index (χ2v) is 15.2. The number of aryl methyl sites for hydroxylation is 2. The molecule has 0 aromatic heterocycles. The summed E-state index contributed by atoms with van der Waals surface area (Å²) < 4.78 is 29.5. The minimum atomic E-state index is -1.98. The first kappa shape index (κ1) is 36.5. The van der Waals surface area contributed by atoms with Gasteiger partial charge in [-0.2, -0.15) is 0 Å². The molecule has 0 unspecified atom stereocenters. The number of Topliss-reactive ketones (excluding diaryl/α,β-unsaturated/α-hetero) is 1. The third kappa shape index (κ3) is 5.52. The van der Waals surface area contributed by atoms with Gasteiger partial charge in [0, 0.05) is 22.4 Å². The van der Waals surface area contributed by atoms with E-state index in [0.717, 1.165) is 35.5 Å². The number of allylic oxidation sites excluding steroid dienone is 4. The van der Waals surface area contributed by atoms with E-state index in [0.29, 0.717) is 25.8 Å². The number of para-hydroxylation sites is 1. The number of halogens is 1. The van der Waals surface area contributed by atoms with Crippen LogP contribution >= 0.6 is 0 Å². The summed E-state index contributed by atoms with van der Waals surface area (Å²) in [5.74, 6) is -2.40. The van der Waals surface area contributed by atoms with E-state index in [-0.39, 0.29) is 24.0 Å². The quantitative estimate of drug-likeness (QED) is 0.371. The van der Waals surface area contributed by atoms with E-state index in [9.17, 15) is 24.6 Å². The summed E-state index contributed by atoms with van der Waals surface area (Å²) >= 11 is 0. The standard InChI is InChI=1S/C24H31FO6.C14H22N2O/c1-20(2)30-19-10-16-15-6-5-13-9-14(27)7-8-21(13,3)23(15,25)17(28)11-22(16,4)24(19,31-20)18(29)12-26;1-5-16(6-2)10-13(17)15-14-11(3)8-7-9-12(14)4/h7-9,15-17,19,26,28H,5-6,10-12H2,1-4H3;7-9H,5-6,10H2,1-4H3,(H,15,17)/t15-,16-,17-,19+,21-,22-,23-,24+;/m0./s1. The number of nitrogens with one attached hydrogen (secondary N) is 1. The molecule has 9 nitrogen and oxygen atoms in total. The van der Waals surface area contributed by atoms with Crippen molar-refractivity contribution in [3.8, 4) is 0 Å². The van der Waals surface area contributed by atoms with Crippen LogP contribution in [0.3, 0.4) is 0 Å². The largest absolute Gasteiger partial charge is 0.390 e. The summed E-state index contributed by atoms with van der Waals surface area (Å²) in [4.78, 5) is 39.1. The number of rotatable bonds is 7. The number of hydrogen-bond acceptors (Lipinski definition) is 8. The summed E-state index contributed by atoms with van der Waals surface area (Å²) in [5.41, 5.74) is -1.49. The molecule has 4 aliphatic carbocycles. The van der Waals surface area contributed by atoms with Crippen LogP contribution < -0.4 is 5.32 Å². The molecule has 4 fully saturated rings. The van der Waals surface area contributed by atoms with E-state index in [1.54, 1.807) is 26.8 Å². The first-order valence-electron chi connectivity index (χ1n) is 17.4. The number of ether oxygens (including phenoxy) is 2. The fraction of sp³-hybridized carbons (Fsp3) is 0.658. The second-order valence-electron chi connectivity index (χ2n) is 15.2. The molecule has 0 spiro atoms. The molecule has 0 bridgehead atoms. The van der Waals surface area contributed by atoms with Gasteiger partial charge < -0.3 is 25.0 Å². The van der Waals surface area contributed by atoms with E-state index in [1.807, 2.05) is 39.0 Å². The number of nitrogens with zero attached hydrogens (tertiary/aromatic N) is 1. The van der Waals surface area contributed by atoms with Gasteiger partial charge in [0.05, 0.1) is 18.8 Å². The van der Waals surface area contributed by atoms with Gasteiger partial charge in [0.25, 0.3) is 0 Å². The Balaban J connectivity index is 0.000000226. The topological polar surface area (TPSA) is 125 Å². The number of aliphatic hydroxyl groups is 2. The zero-order chi connectivity index (χ0) is 35.4. The molecule has 1 heterocycles. The molecule has 48 heavy (non-hydrogen) atoms. The van der Waals surface area contributed by atoms with Gasteiger partial charge in [-0.15, -0.1) is 0 Å². The maximum absolute atomic E-state index is 17.1. The van der Waals surface area contributed by atoms with Crippen LogP contribution in [0.5, 0.6) is 0 Å². The van der Waals surface area contributed by atoms with E-state index in [2.05, 4.69) is 24.1 Å². The molecule has 264 valence electrons. The number of ketones is 2. The molecular weight excluding hydrogens is 615 g/mol. The Morgan fingerprint density at radius 1 is 1.08 bits per heavy atom. The van der Waals surface area contributed by atoms with Crippen LogP contribution in [-0.2, 0) is 23.9 Å². The number of fused-ring (bicyclic) bond motifs is 7. The van der Waals surface area contributed by atoms with Crippen molar-refractivity contribution in [2.24, 2.45) is 22.7 Å². The van der Waals surface area contributed by atoms with Crippen LogP contribution in [-0.4, -0.2) is 88.1 Å². The zero-order valence-corrected chi connectivity index (χ0v) is 29.7. The Hall–Kier alpha value is -2.76. The summed E-state index contributed by atoms with van der Waals surface area (Å²) in [5, 5.41) is 24.2. The van der Waals surface area contributed by atoms with Crippen molar-refractivity contribution in [1.29, 1.82) is 0 Å². The molecule has 10 heteroatoms. The monoisotopic (exact) mass is 668 g/mol. The third-order valence-corrected chi connectivity index (χ3v) is 12.2. The Labute approximate surface area is 283 Å². The number of likely N-dealkylation sites (N-methyl/N-ethyl adjacent to an activating group) is 1. The van der Waals surface area contributed by atoms with Crippen molar-refractivity contribution in [2.45, 2.75) is 110 Å². The van der Waals surface area contributed by atoms with E-state index in [1.165, 1.54) is 12.2 Å². The molecule has 6 rings (SSSR count). The van der Waals surface area contributed by atoms with Crippen molar-refractivity contribution in [1.82, 2.24) is 4.90 Å². The highest BCUT2D eigenvalue weighted by Gasteiger charge is 2.80. The minimum Gasteiger partial charge on any atom is -0.390 e. The number of hydrogen-bond donors (Lipinski definition) is 3. The molecule has 8 atom stereocenters. The molecule has 3 saturated carbocycles. The molecule has 1 aromatic carbocycles. The minimum absolute atomic E-state index is 0.0109. The predicted molar refractivity (Wildman–Crippen MR) is 181 cm³/mol. The zero-order valence-electron chi connectivity index (χ0n) is 29.7. The van der Waals surface area contributed by atoms with Crippen molar-refractivity contribution in [3.05, 3.63) is 53.1 Å². The number of aliphatic hydroxyl groups excluding tert-OH is 2. The summed E-state index contributed by atoms with van der Waals surface area (Å²) in [6, 6.07) is 6.03. The number of amides is 1. The number of anilines is 1. The second kappa shape index (κ2) is 12.8. The number of benzene rings is 1. The number of alkyl halides is 1. The first-order chi connectivity index (χ1) is 22.4. The molecule has 5 aliphatic rings. The van der Waals surface area contributed by atoms with E-state index < -0.39 is 58.4 Å². The van der Waals surface area contributed by atoms with Gasteiger partial charge in [-0.3, -0.25) is 19.3 Å². The lowest BCUT2D eigenvalue weighted by molar-refractivity contribution is -0.246. The molecule has 1 aliphatic heterocycles. The highest BCUT2D eigenvalue weighted by molar-refractivity contribution is 6.01. The summed E-state index contributed by atoms with van der Waals surface area (Å²) in [7, 11) is 0. The van der Waals surface area contributed by atoms with E-state index >= 15 is 4.39 Å². The molecule has 1 amide bonds. The van der Waals surface area contributed by atoms with Gasteiger partial charge in [0.2, 0.25) is 5.91 Å². The molecular formula is C38H53FN2O7. The van der Waals surface area contributed by atoms with Gasteiger partial charge in [-0.05, 0) is 103 Å². The van der Waals surface area contributed by atoms with Crippen LogP contribution in [0.1, 0.15) is 78.4 Å². The van der Waals surface area contributed by atoms with Crippen LogP contribution in [0.15, 0.2) is 42.0 Å². The van der Waals surface area contributed by atoms with Gasteiger partial charge in [0.1, 0.15) is 6.61 Å². The highest BCUT2D eigenvalue weighted by Crippen LogP contribution is 2.72. The van der Waals surface area contributed by atoms with Crippen molar-refractivity contribution in [3.63, 3.8) is 0 Å². The Kier molecular flexibility index (Phi) is 9.77. The average molecular weight is 669 g/mol. The van der Waals surface area contributed by atoms with Crippen molar-refractivity contribution >= 4 is 23.2 Å². The Morgan fingerprint density at radius 3 is 2.33 bits per heavy atom. The van der Waals surface area contributed by atoms with Gasteiger partial charge in [-0.25, -0.2) is 4.39 Å². The number of carbonyl (C=O) groups is 3. The summed E-state index contributed by atoms with van der Waals surface area (Å²) in [6.45, 7) is 16.8. The lowest BCUT2D eigenvalue weighted by Gasteiger charge is -2.62. The maximum Gasteiger partial charge on any atom is 0.238 e. The van der Waals surface area contributed by atoms with Crippen molar-refractivity contribution < 1.29 is 38.5 Å². The fourth-order valence-corrected chi connectivity index (χ4v) is 9.77. The van der Waals surface area contributed by atoms with Crippen molar-refractivity contribution in [2.75, 3.05) is 31.6 Å². The summed E-state index contributed by atoms with van der Waals surface area (Å²) in [6.07, 6.45) is 4.00. The molecule has 0 radical (unpaired) electrons. The normalized spacial score (nSPS) is 37.4. The molecule has 1 saturated heterocycles. The van der Waals surface area contributed by atoms with Crippen LogP contribution in [0, 0.1) is 36.5 Å². The predicted octanol–water partition coefficient (Wildman–Crippen LogP) is 5.00. The average Bonchev–Trinajstić information content (AvgIpc) is 3.44. The third-order valence-electron chi connectivity index (χ3n) is 12.2. The lowest BCUT2D eigenvalue weighted by Crippen LogP contribution is -2.70. The number of carbonyl (C=O) groups excluding carboxylic acids is 3. The molecule has 1 aromatic rings. The highest BCUT2D eigenvalue weighted by atomic mass is 19.1. The lowest BCUT2D eigenvalue weighted by atomic mass is 9.44. The maximum atomic E-state index is 17.1.